The molecule has 21 heavy (non-hydrogen) atoms. The minimum atomic E-state index is -1.19. The van der Waals surface area contributed by atoms with Gasteiger partial charge in [-0.2, -0.15) is 0 Å². The van der Waals surface area contributed by atoms with Crippen LogP contribution < -0.4 is 10.6 Å². The van der Waals surface area contributed by atoms with E-state index in [-0.39, 0.29) is 11.4 Å². The maximum Gasteiger partial charge on any atom is 0.354 e. The van der Waals surface area contributed by atoms with Gasteiger partial charge in [0, 0.05) is 19.2 Å². The van der Waals surface area contributed by atoms with E-state index < -0.39 is 5.97 Å². The van der Waals surface area contributed by atoms with Crippen LogP contribution in [0.2, 0.25) is 0 Å². The van der Waals surface area contributed by atoms with Gasteiger partial charge in [-0.1, -0.05) is 0 Å². The summed E-state index contributed by atoms with van der Waals surface area (Å²) in [4.78, 5) is 17.3. The number of nitrogens with zero attached hydrogens (tertiary/aromatic N) is 2. The van der Waals surface area contributed by atoms with E-state index >= 15 is 0 Å². The smallest absolute Gasteiger partial charge is 0.354 e. The Labute approximate surface area is 121 Å². The Kier molecular flexibility index (Phi) is 3.29. The number of benzene rings is 1. The topological polar surface area (TPSA) is 99.7 Å². The lowest BCUT2D eigenvalue weighted by Crippen LogP contribution is -2.29. The van der Waals surface area contributed by atoms with Crippen LogP contribution in [0.25, 0.3) is 10.9 Å². The van der Waals surface area contributed by atoms with Crippen LogP contribution in [-0.2, 0) is 0 Å². The maximum atomic E-state index is 11.1. The van der Waals surface area contributed by atoms with E-state index in [4.69, 9.17) is 10.8 Å². The molecule has 2 aromatic rings. The number of aromatic carboxylic acids is 1. The minimum absolute atomic E-state index is 0.0923. The molecule has 0 aliphatic carbocycles. The summed E-state index contributed by atoms with van der Waals surface area (Å²) in [7, 11) is 0. The van der Waals surface area contributed by atoms with Gasteiger partial charge in [0.1, 0.15) is 5.75 Å². The number of carboxylic acids is 1. The number of nitrogens with two attached hydrogens (primary N) is 1. The first-order chi connectivity index (χ1) is 10.1. The van der Waals surface area contributed by atoms with Crippen molar-refractivity contribution in [2.45, 2.75) is 19.3 Å². The summed E-state index contributed by atoms with van der Waals surface area (Å²) in [6, 6.07) is 4.76. The zero-order chi connectivity index (χ0) is 15.0. The van der Waals surface area contributed by atoms with Crippen LogP contribution in [0.15, 0.2) is 18.2 Å². The number of aromatic nitrogens is 1. The number of aromatic hydroxyl groups is 1. The average Bonchev–Trinajstić information content (AvgIpc) is 2.49. The molecule has 110 valence electrons. The van der Waals surface area contributed by atoms with E-state index in [0.717, 1.165) is 31.6 Å². The van der Waals surface area contributed by atoms with Crippen LogP contribution in [-0.4, -0.2) is 34.3 Å². The second-order valence-corrected chi connectivity index (χ2v) is 5.28. The lowest BCUT2D eigenvalue weighted by Gasteiger charge is -2.30. The van der Waals surface area contributed by atoms with Gasteiger partial charge in [0.2, 0.25) is 0 Å². The van der Waals surface area contributed by atoms with Crippen LogP contribution >= 0.6 is 0 Å². The zero-order valence-electron chi connectivity index (χ0n) is 11.5. The van der Waals surface area contributed by atoms with Gasteiger partial charge < -0.3 is 20.8 Å². The van der Waals surface area contributed by atoms with Crippen LogP contribution in [0.1, 0.15) is 29.8 Å². The molecule has 4 N–H and O–H groups in total. The van der Waals surface area contributed by atoms with E-state index in [1.807, 2.05) is 6.07 Å². The first-order valence-electron chi connectivity index (χ1n) is 6.98. The number of hydrogen-bond acceptors (Lipinski definition) is 5. The Morgan fingerprint density at radius 1 is 1.24 bits per heavy atom. The number of carbonyl (C=O) groups is 1. The summed E-state index contributed by atoms with van der Waals surface area (Å²) >= 11 is 0. The molecule has 0 amide bonds. The van der Waals surface area contributed by atoms with Crippen LogP contribution in [0.4, 0.5) is 11.4 Å². The van der Waals surface area contributed by atoms with Gasteiger partial charge in [-0.25, -0.2) is 9.78 Å². The van der Waals surface area contributed by atoms with Gasteiger partial charge in [0.05, 0.1) is 22.3 Å². The highest BCUT2D eigenvalue weighted by molar-refractivity contribution is 6.04. The lowest BCUT2D eigenvalue weighted by atomic mass is 10.1. The molecule has 1 fully saturated rings. The van der Waals surface area contributed by atoms with Gasteiger partial charge in [0.25, 0.3) is 0 Å². The summed E-state index contributed by atoms with van der Waals surface area (Å²) in [5.41, 5.74) is 7.27. The molecule has 1 aliphatic rings. The quantitative estimate of drug-likeness (QED) is 0.732. The molecule has 2 heterocycles. The molecule has 1 saturated heterocycles. The van der Waals surface area contributed by atoms with Gasteiger partial charge in [-0.3, -0.25) is 0 Å². The molecular formula is C15H17N3O3. The van der Waals surface area contributed by atoms with Crippen molar-refractivity contribution < 1.29 is 15.0 Å². The fraction of sp³-hybridized carbons (Fsp3) is 0.333. The number of hydrogen-bond donors (Lipinski definition) is 3. The molecule has 1 aliphatic heterocycles. The molecular weight excluding hydrogens is 270 g/mol. The summed E-state index contributed by atoms with van der Waals surface area (Å²) in [6.45, 7) is 1.83. The zero-order valence-corrected chi connectivity index (χ0v) is 11.5. The van der Waals surface area contributed by atoms with Crippen molar-refractivity contribution in [3.05, 3.63) is 23.9 Å². The Balaban J connectivity index is 2.22. The highest BCUT2D eigenvalue weighted by Gasteiger charge is 2.19. The largest absolute Gasteiger partial charge is 0.507 e. The number of pyridine rings is 1. The summed E-state index contributed by atoms with van der Waals surface area (Å²) in [5, 5.41) is 19.8. The van der Waals surface area contributed by atoms with Gasteiger partial charge in [-0.15, -0.1) is 0 Å². The lowest BCUT2D eigenvalue weighted by molar-refractivity contribution is 0.0690. The third-order valence-electron chi connectivity index (χ3n) is 3.86. The van der Waals surface area contributed by atoms with E-state index in [1.165, 1.54) is 12.5 Å². The molecule has 0 bridgehead atoms. The van der Waals surface area contributed by atoms with Crippen molar-refractivity contribution >= 4 is 28.2 Å². The van der Waals surface area contributed by atoms with Crippen molar-refractivity contribution in [3.63, 3.8) is 0 Å². The van der Waals surface area contributed by atoms with Gasteiger partial charge in [0.15, 0.2) is 5.69 Å². The third-order valence-corrected chi connectivity index (χ3v) is 3.86. The standard InChI is InChI=1S/C15H17N3O3/c16-9-4-5-11(18-6-2-1-3-7-18)13-12(19)8-10(15(20)21)17-14(9)13/h4-5,8H,1-3,6-7,16H2,(H,17,19)(H,20,21). The van der Waals surface area contributed by atoms with Gasteiger partial charge >= 0.3 is 5.97 Å². The predicted molar refractivity (Wildman–Crippen MR) is 80.8 cm³/mol. The third kappa shape index (κ3) is 2.33. The number of piperidine rings is 1. The Bertz CT molecular complexity index is 709. The normalized spacial score (nSPS) is 15.3. The van der Waals surface area contributed by atoms with Gasteiger partial charge in [-0.05, 0) is 31.4 Å². The predicted octanol–water partition coefficient (Wildman–Crippen LogP) is 2.21. The molecule has 3 rings (SSSR count). The Morgan fingerprint density at radius 3 is 2.62 bits per heavy atom. The molecule has 0 atom stereocenters. The molecule has 6 heteroatoms. The van der Waals surface area contributed by atoms with Crippen LogP contribution in [0.5, 0.6) is 5.75 Å². The second kappa shape index (κ2) is 5.12. The number of rotatable bonds is 2. The first kappa shape index (κ1) is 13.5. The average molecular weight is 287 g/mol. The fourth-order valence-corrected chi connectivity index (χ4v) is 2.83. The molecule has 0 radical (unpaired) electrons. The summed E-state index contributed by atoms with van der Waals surface area (Å²) < 4.78 is 0. The summed E-state index contributed by atoms with van der Waals surface area (Å²) in [6.07, 6.45) is 3.41. The molecule has 0 spiro atoms. The molecule has 1 aromatic carbocycles. The SMILES string of the molecule is Nc1ccc(N2CCCCC2)c2c(O)cc(C(=O)O)nc12. The molecule has 0 saturated carbocycles. The van der Waals surface area contributed by atoms with E-state index in [1.54, 1.807) is 6.07 Å². The fourth-order valence-electron chi connectivity index (χ4n) is 2.83. The number of carboxylic acid groups (broad SMARTS) is 1. The van der Waals surface area contributed by atoms with Crippen LogP contribution in [0, 0.1) is 0 Å². The number of anilines is 2. The van der Waals surface area contributed by atoms with Crippen molar-refractivity contribution in [2.75, 3.05) is 23.7 Å². The minimum Gasteiger partial charge on any atom is -0.507 e. The molecule has 6 nitrogen and oxygen atoms in total. The highest BCUT2D eigenvalue weighted by Crippen LogP contribution is 2.37. The number of fused-ring (bicyclic) bond motifs is 1. The highest BCUT2D eigenvalue weighted by atomic mass is 16.4. The Hall–Kier alpha value is -2.50. The van der Waals surface area contributed by atoms with Crippen molar-refractivity contribution in [1.82, 2.24) is 4.98 Å². The maximum absolute atomic E-state index is 11.1. The van der Waals surface area contributed by atoms with Crippen LogP contribution in [0.3, 0.4) is 0 Å². The van der Waals surface area contributed by atoms with E-state index in [2.05, 4.69) is 9.88 Å². The molecule has 1 aromatic heterocycles. The van der Waals surface area contributed by atoms with E-state index in [9.17, 15) is 9.90 Å². The Morgan fingerprint density at radius 2 is 1.95 bits per heavy atom. The van der Waals surface area contributed by atoms with Crippen molar-refractivity contribution in [1.29, 1.82) is 0 Å². The van der Waals surface area contributed by atoms with Crippen molar-refractivity contribution in [2.24, 2.45) is 0 Å². The summed E-state index contributed by atoms with van der Waals surface area (Å²) in [5.74, 6) is -1.28. The van der Waals surface area contributed by atoms with E-state index in [0.29, 0.717) is 16.6 Å². The second-order valence-electron chi connectivity index (χ2n) is 5.28. The molecule has 0 unspecified atom stereocenters. The monoisotopic (exact) mass is 287 g/mol. The first-order valence-corrected chi connectivity index (χ1v) is 6.98. The number of nitrogen functional groups attached to an aromatic ring is 1. The van der Waals surface area contributed by atoms with Crippen molar-refractivity contribution in [3.8, 4) is 5.75 Å².